The number of piperidine rings is 1. The Kier molecular flexibility index (Phi) is 5.25. The maximum absolute atomic E-state index is 13.2. The minimum absolute atomic E-state index is 0.0767. The van der Waals surface area contributed by atoms with E-state index in [2.05, 4.69) is 4.98 Å². The highest BCUT2D eigenvalue weighted by molar-refractivity contribution is 7.08. The van der Waals surface area contributed by atoms with Crippen molar-refractivity contribution in [2.24, 2.45) is 0 Å². The Morgan fingerprint density at radius 1 is 1.29 bits per heavy atom. The van der Waals surface area contributed by atoms with Crippen molar-refractivity contribution in [3.05, 3.63) is 68.9 Å². The van der Waals surface area contributed by atoms with Gasteiger partial charge in [0.25, 0.3) is 11.5 Å². The predicted octanol–water partition coefficient (Wildman–Crippen LogP) is 3.87. The van der Waals surface area contributed by atoms with E-state index in [-0.39, 0.29) is 17.5 Å². The quantitative estimate of drug-likeness (QED) is 0.728. The fraction of sp³-hybridized carbons (Fsp3) is 0.286. The monoisotopic (exact) mass is 395 g/mol. The number of H-pyrrole nitrogens is 1. The van der Waals surface area contributed by atoms with Crippen molar-refractivity contribution < 1.29 is 9.53 Å². The highest BCUT2D eigenvalue weighted by Gasteiger charge is 2.31. The smallest absolute Gasteiger partial charge is 0.254 e. The van der Waals surface area contributed by atoms with Gasteiger partial charge in [-0.1, -0.05) is 6.07 Å². The third-order valence-corrected chi connectivity index (χ3v) is 5.66. The second kappa shape index (κ2) is 7.98. The molecular formula is C21H21N3O3S. The molecule has 1 aliphatic rings. The van der Waals surface area contributed by atoms with Crippen molar-refractivity contribution in [1.82, 2.24) is 14.9 Å². The van der Waals surface area contributed by atoms with Crippen molar-refractivity contribution in [3.8, 4) is 17.0 Å². The highest BCUT2D eigenvalue weighted by Crippen LogP contribution is 2.31. The Morgan fingerprint density at radius 2 is 2.18 bits per heavy atom. The molecule has 1 amide bonds. The van der Waals surface area contributed by atoms with Gasteiger partial charge in [0.05, 0.1) is 18.8 Å². The van der Waals surface area contributed by atoms with Gasteiger partial charge in [0.1, 0.15) is 11.6 Å². The lowest BCUT2D eigenvalue weighted by atomic mass is 9.99. The molecule has 144 valence electrons. The highest BCUT2D eigenvalue weighted by atomic mass is 32.1. The lowest BCUT2D eigenvalue weighted by molar-refractivity contribution is 0.0599. The Balaban J connectivity index is 1.69. The van der Waals surface area contributed by atoms with Crippen LogP contribution >= 0.6 is 11.3 Å². The van der Waals surface area contributed by atoms with Crippen molar-refractivity contribution in [2.45, 2.75) is 25.3 Å². The number of aromatic amines is 1. The number of ether oxygens (including phenoxy) is 1. The van der Waals surface area contributed by atoms with E-state index in [1.54, 1.807) is 30.6 Å². The van der Waals surface area contributed by atoms with Gasteiger partial charge in [-0.05, 0) is 48.9 Å². The van der Waals surface area contributed by atoms with Gasteiger partial charge in [-0.25, -0.2) is 4.98 Å². The van der Waals surface area contributed by atoms with Gasteiger partial charge < -0.3 is 14.6 Å². The van der Waals surface area contributed by atoms with Crippen LogP contribution in [0.15, 0.2) is 52.0 Å². The minimum Gasteiger partial charge on any atom is -0.497 e. The summed E-state index contributed by atoms with van der Waals surface area (Å²) in [6.45, 7) is 0.632. The van der Waals surface area contributed by atoms with Crippen LogP contribution in [0.5, 0.6) is 5.75 Å². The summed E-state index contributed by atoms with van der Waals surface area (Å²) in [5.74, 6) is 1.11. The van der Waals surface area contributed by atoms with Crippen LogP contribution in [-0.2, 0) is 0 Å². The van der Waals surface area contributed by atoms with Crippen LogP contribution in [0.1, 0.15) is 41.5 Å². The van der Waals surface area contributed by atoms with E-state index in [0.717, 1.165) is 24.8 Å². The lowest BCUT2D eigenvalue weighted by Crippen LogP contribution is -2.40. The number of nitrogens with one attached hydrogen (secondary N) is 1. The van der Waals surface area contributed by atoms with E-state index in [1.165, 1.54) is 6.07 Å². The average Bonchev–Trinajstić information content (AvgIpc) is 3.28. The fourth-order valence-corrected chi connectivity index (χ4v) is 4.22. The van der Waals surface area contributed by atoms with Crippen molar-refractivity contribution >= 4 is 17.2 Å². The number of methoxy groups -OCH3 is 1. The predicted molar refractivity (Wildman–Crippen MR) is 109 cm³/mol. The summed E-state index contributed by atoms with van der Waals surface area (Å²) < 4.78 is 5.25. The average molecular weight is 395 g/mol. The van der Waals surface area contributed by atoms with Gasteiger partial charge in [-0.15, -0.1) is 0 Å². The van der Waals surface area contributed by atoms with Gasteiger partial charge in [-0.3, -0.25) is 9.59 Å². The number of carbonyl (C=O) groups is 1. The molecule has 2 aromatic heterocycles. The summed E-state index contributed by atoms with van der Waals surface area (Å²) >= 11 is 1.56. The molecule has 1 atom stereocenters. The molecule has 6 nitrogen and oxygen atoms in total. The van der Waals surface area contributed by atoms with Crippen LogP contribution in [0.25, 0.3) is 11.3 Å². The van der Waals surface area contributed by atoms with Gasteiger partial charge >= 0.3 is 0 Å². The lowest BCUT2D eigenvalue weighted by Gasteiger charge is -2.35. The zero-order valence-electron chi connectivity index (χ0n) is 15.6. The van der Waals surface area contributed by atoms with Crippen molar-refractivity contribution in [2.75, 3.05) is 13.7 Å². The summed E-state index contributed by atoms with van der Waals surface area (Å²) in [7, 11) is 1.58. The molecular weight excluding hydrogens is 374 g/mol. The largest absolute Gasteiger partial charge is 0.497 e. The second-order valence-electron chi connectivity index (χ2n) is 6.77. The normalized spacial score (nSPS) is 16.8. The zero-order chi connectivity index (χ0) is 19.5. The fourth-order valence-electron chi connectivity index (χ4n) is 3.57. The van der Waals surface area contributed by atoms with Crippen LogP contribution < -0.4 is 10.3 Å². The van der Waals surface area contributed by atoms with Crippen LogP contribution in [-0.4, -0.2) is 34.4 Å². The number of rotatable bonds is 4. The summed E-state index contributed by atoms with van der Waals surface area (Å²) in [5.41, 5.74) is 1.92. The first-order valence-corrected chi connectivity index (χ1v) is 10.2. The van der Waals surface area contributed by atoms with E-state index in [4.69, 9.17) is 9.72 Å². The molecule has 3 heterocycles. The molecule has 1 saturated heterocycles. The molecule has 0 saturated carbocycles. The summed E-state index contributed by atoms with van der Waals surface area (Å²) in [6.07, 6.45) is 2.69. The van der Waals surface area contributed by atoms with Gasteiger partial charge in [-0.2, -0.15) is 11.3 Å². The van der Waals surface area contributed by atoms with E-state index in [0.29, 0.717) is 29.4 Å². The number of nitrogens with zero attached hydrogens (tertiary/aromatic N) is 2. The zero-order valence-corrected chi connectivity index (χ0v) is 16.4. The van der Waals surface area contributed by atoms with Crippen molar-refractivity contribution in [1.29, 1.82) is 0 Å². The molecule has 1 N–H and O–H groups in total. The van der Waals surface area contributed by atoms with Crippen LogP contribution in [0.3, 0.4) is 0 Å². The molecule has 1 aromatic carbocycles. The maximum atomic E-state index is 13.2. The SMILES string of the molecule is COc1cccc(C(=O)N2CCCC[C@@H]2c2nc(-c3ccsc3)cc(=O)[nH]2)c1. The first-order chi connectivity index (χ1) is 13.7. The summed E-state index contributed by atoms with van der Waals surface area (Å²) in [5, 5.41) is 3.92. The molecule has 1 aliphatic heterocycles. The number of benzene rings is 1. The second-order valence-corrected chi connectivity index (χ2v) is 7.55. The molecule has 0 unspecified atom stereocenters. The number of hydrogen-bond donors (Lipinski definition) is 1. The third-order valence-electron chi connectivity index (χ3n) is 4.97. The molecule has 0 radical (unpaired) electrons. The van der Waals surface area contributed by atoms with E-state index in [1.807, 2.05) is 33.9 Å². The standard InChI is InChI=1S/C21H21N3O3S/c1-27-16-6-4-5-14(11-16)21(26)24-9-3-2-7-18(24)20-22-17(12-19(25)23-20)15-8-10-28-13-15/h4-6,8,10-13,18H,2-3,7,9H2,1H3,(H,22,23,25)/t18-/m1/s1. The summed E-state index contributed by atoms with van der Waals surface area (Å²) in [6, 6.07) is 10.3. The van der Waals surface area contributed by atoms with Gasteiger partial charge in [0.15, 0.2) is 0 Å². The molecule has 7 heteroatoms. The van der Waals surface area contributed by atoms with E-state index < -0.39 is 0 Å². The molecule has 0 aliphatic carbocycles. The Bertz CT molecular complexity index is 1030. The molecule has 4 rings (SSSR count). The first-order valence-electron chi connectivity index (χ1n) is 9.24. The molecule has 28 heavy (non-hydrogen) atoms. The van der Waals surface area contributed by atoms with Crippen LogP contribution in [0.2, 0.25) is 0 Å². The Hall–Kier alpha value is -2.93. The first kappa shape index (κ1) is 18.4. The van der Waals surface area contributed by atoms with E-state index >= 15 is 0 Å². The number of carbonyl (C=O) groups excluding carboxylic acids is 1. The molecule has 0 bridgehead atoms. The number of aromatic nitrogens is 2. The maximum Gasteiger partial charge on any atom is 0.254 e. The number of amides is 1. The van der Waals surface area contributed by atoms with E-state index in [9.17, 15) is 9.59 Å². The molecule has 1 fully saturated rings. The van der Waals surface area contributed by atoms with Crippen LogP contribution in [0.4, 0.5) is 0 Å². The minimum atomic E-state index is -0.251. The van der Waals surface area contributed by atoms with Gasteiger partial charge in [0.2, 0.25) is 0 Å². The van der Waals surface area contributed by atoms with Crippen LogP contribution in [0, 0.1) is 0 Å². The van der Waals surface area contributed by atoms with Crippen molar-refractivity contribution in [3.63, 3.8) is 0 Å². The Labute approximate surface area is 166 Å². The Morgan fingerprint density at radius 3 is 2.96 bits per heavy atom. The number of hydrogen-bond acceptors (Lipinski definition) is 5. The molecule has 0 spiro atoms. The third kappa shape index (κ3) is 3.71. The van der Waals surface area contributed by atoms with Gasteiger partial charge in [0, 0.05) is 29.1 Å². The molecule has 3 aromatic rings. The number of thiophene rings is 1. The topological polar surface area (TPSA) is 75.3 Å². The summed E-state index contributed by atoms with van der Waals surface area (Å²) in [4.78, 5) is 34.8. The number of likely N-dealkylation sites (tertiary alicyclic amines) is 1.